The second-order valence-electron chi connectivity index (χ2n) is 7.87. The highest BCUT2D eigenvalue weighted by atomic mass is 32.2. The zero-order chi connectivity index (χ0) is 19.1. The summed E-state index contributed by atoms with van der Waals surface area (Å²) in [4.78, 5) is 12.1. The van der Waals surface area contributed by atoms with Crippen molar-refractivity contribution in [2.24, 2.45) is 5.92 Å². The highest BCUT2D eigenvalue weighted by Crippen LogP contribution is 2.28. The number of ether oxygens (including phenoxy) is 1. The average molecular weight is 380 g/mol. The van der Waals surface area contributed by atoms with Crippen LogP contribution in [-0.4, -0.2) is 50.2 Å². The number of amides is 1. The summed E-state index contributed by atoms with van der Waals surface area (Å²) in [6.45, 7) is 5.22. The van der Waals surface area contributed by atoms with Crippen LogP contribution in [0.5, 0.6) is 0 Å². The van der Waals surface area contributed by atoms with Gasteiger partial charge in [-0.3, -0.25) is 4.18 Å². The molecule has 0 radical (unpaired) electrons. The van der Waals surface area contributed by atoms with Crippen molar-refractivity contribution in [1.29, 1.82) is 0 Å². The second-order valence-corrected chi connectivity index (χ2v) is 9.52. The minimum Gasteiger partial charge on any atom is -0.444 e. The first-order chi connectivity index (χ1) is 11.5. The van der Waals surface area contributed by atoms with Crippen LogP contribution in [0.3, 0.4) is 0 Å². The lowest BCUT2D eigenvalue weighted by Gasteiger charge is -2.31. The summed E-state index contributed by atoms with van der Waals surface area (Å²) in [5.41, 5.74) is -0.621. The highest BCUT2D eigenvalue weighted by molar-refractivity contribution is 7.85. The van der Waals surface area contributed by atoms with Gasteiger partial charge in [-0.15, -0.1) is 0 Å². The molecule has 1 aliphatic carbocycles. The molecule has 0 aromatic heterocycles. The molecule has 0 aromatic carbocycles. The molecule has 1 aliphatic rings. The van der Waals surface area contributed by atoms with Gasteiger partial charge < -0.3 is 15.2 Å². The number of rotatable bonds is 8. The molecular weight excluding hydrogens is 346 g/mol. The molecule has 0 unspecified atom stereocenters. The zero-order valence-electron chi connectivity index (χ0n) is 15.8. The largest absolute Gasteiger partial charge is 0.444 e. The summed E-state index contributed by atoms with van der Waals surface area (Å²) < 4.78 is 32.1. The lowest BCUT2D eigenvalue weighted by molar-refractivity contribution is 0.0360. The van der Waals surface area contributed by atoms with E-state index in [1.165, 1.54) is 6.42 Å². The van der Waals surface area contributed by atoms with Crippen LogP contribution in [0.1, 0.15) is 65.7 Å². The van der Waals surface area contributed by atoms with Crippen molar-refractivity contribution in [3.8, 4) is 0 Å². The standard InChI is InChI=1S/C17H33NO6S/c1-17(2,3)24-16(20)18-14(12-13-8-6-5-7-9-13)15(19)10-11-23-25(4,21)22/h13-15,19H,5-12H2,1-4H3,(H,18,20)/t14-,15-/m0/s1. The summed E-state index contributed by atoms with van der Waals surface area (Å²) in [5.74, 6) is 0.444. The molecule has 7 nitrogen and oxygen atoms in total. The van der Waals surface area contributed by atoms with Crippen LogP contribution in [-0.2, 0) is 19.0 Å². The van der Waals surface area contributed by atoms with E-state index in [2.05, 4.69) is 5.32 Å². The Morgan fingerprint density at radius 3 is 2.36 bits per heavy atom. The normalized spacial score (nSPS) is 19.2. The van der Waals surface area contributed by atoms with Crippen molar-refractivity contribution in [2.45, 2.75) is 83.5 Å². The van der Waals surface area contributed by atoms with E-state index in [1.807, 2.05) is 0 Å². The number of aliphatic hydroxyl groups excluding tert-OH is 1. The number of aliphatic hydroxyl groups is 1. The van der Waals surface area contributed by atoms with Gasteiger partial charge in [0.2, 0.25) is 0 Å². The molecule has 25 heavy (non-hydrogen) atoms. The van der Waals surface area contributed by atoms with Crippen molar-refractivity contribution in [3.05, 3.63) is 0 Å². The zero-order valence-corrected chi connectivity index (χ0v) is 16.6. The Hall–Kier alpha value is -0.860. The van der Waals surface area contributed by atoms with Crippen LogP contribution < -0.4 is 5.32 Å². The Labute approximate surface area is 151 Å². The number of hydrogen-bond acceptors (Lipinski definition) is 6. The molecule has 0 bridgehead atoms. The molecule has 148 valence electrons. The number of hydrogen-bond donors (Lipinski definition) is 2. The van der Waals surface area contributed by atoms with Crippen molar-refractivity contribution >= 4 is 16.2 Å². The van der Waals surface area contributed by atoms with Crippen molar-refractivity contribution < 1.29 is 27.2 Å². The number of carbonyl (C=O) groups excluding carboxylic acids is 1. The minimum atomic E-state index is -3.54. The van der Waals surface area contributed by atoms with Gasteiger partial charge in [-0.05, 0) is 33.1 Å². The average Bonchev–Trinajstić information content (AvgIpc) is 2.44. The fourth-order valence-electron chi connectivity index (χ4n) is 3.07. The summed E-state index contributed by atoms with van der Waals surface area (Å²) in [7, 11) is -3.54. The van der Waals surface area contributed by atoms with E-state index < -0.39 is 34.0 Å². The molecule has 1 rings (SSSR count). The number of nitrogens with one attached hydrogen (secondary N) is 1. The fraction of sp³-hybridized carbons (Fsp3) is 0.941. The van der Waals surface area contributed by atoms with Crippen LogP contribution in [0.15, 0.2) is 0 Å². The molecule has 2 atom stereocenters. The maximum absolute atomic E-state index is 12.1. The van der Waals surface area contributed by atoms with Gasteiger partial charge in [0.15, 0.2) is 0 Å². The highest BCUT2D eigenvalue weighted by Gasteiger charge is 2.28. The molecule has 2 N–H and O–H groups in total. The molecular formula is C17H33NO6S. The van der Waals surface area contributed by atoms with Gasteiger partial charge in [0, 0.05) is 6.42 Å². The van der Waals surface area contributed by atoms with Crippen LogP contribution >= 0.6 is 0 Å². The third-order valence-electron chi connectivity index (χ3n) is 4.19. The topological polar surface area (TPSA) is 102 Å². The third-order valence-corrected chi connectivity index (χ3v) is 4.78. The van der Waals surface area contributed by atoms with E-state index in [9.17, 15) is 18.3 Å². The maximum atomic E-state index is 12.1. The van der Waals surface area contributed by atoms with E-state index in [0.29, 0.717) is 12.3 Å². The first-order valence-electron chi connectivity index (χ1n) is 8.98. The number of alkyl carbamates (subject to hydrolysis) is 1. The van der Waals surface area contributed by atoms with Crippen LogP contribution in [0.2, 0.25) is 0 Å². The van der Waals surface area contributed by atoms with Gasteiger partial charge in [0.05, 0.1) is 25.0 Å². The lowest BCUT2D eigenvalue weighted by atomic mass is 9.83. The van der Waals surface area contributed by atoms with Crippen LogP contribution in [0.4, 0.5) is 4.79 Å². The summed E-state index contributed by atoms with van der Waals surface area (Å²) in [5, 5.41) is 13.2. The minimum absolute atomic E-state index is 0.114. The Morgan fingerprint density at radius 1 is 1.24 bits per heavy atom. The Bertz CT molecular complexity index is 508. The molecule has 0 saturated heterocycles. The second kappa shape index (κ2) is 9.73. The molecule has 0 aromatic rings. The molecule has 0 heterocycles. The van der Waals surface area contributed by atoms with E-state index in [0.717, 1.165) is 31.9 Å². The SMILES string of the molecule is CC(C)(C)OC(=O)N[C@@H](CC1CCCCC1)[C@@H](O)CCOS(C)(=O)=O. The lowest BCUT2D eigenvalue weighted by Crippen LogP contribution is -2.47. The van der Waals surface area contributed by atoms with Gasteiger partial charge in [0.1, 0.15) is 5.60 Å². The molecule has 0 spiro atoms. The Kier molecular flexibility index (Phi) is 8.63. The number of carbonyl (C=O) groups is 1. The first-order valence-corrected chi connectivity index (χ1v) is 10.8. The van der Waals surface area contributed by atoms with Crippen LogP contribution in [0.25, 0.3) is 0 Å². The van der Waals surface area contributed by atoms with Gasteiger partial charge >= 0.3 is 6.09 Å². The van der Waals surface area contributed by atoms with Gasteiger partial charge in [-0.1, -0.05) is 32.1 Å². The van der Waals surface area contributed by atoms with Crippen molar-refractivity contribution in [3.63, 3.8) is 0 Å². The predicted molar refractivity (Wildman–Crippen MR) is 95.8 cm³/mol. The van der Waals surface area contributed by atoms with E-state index >= 15 is 0 Å². The van der Waals surface area contributed by atoms with Gasteiger partial charge in [-0.2, -0.15) is 8.42 Å². The molecule has 1 fully saturated rings. The first kappa shape index (κ1) is 22.2. The third kappa shape index (κ3) is 10.7. The van der Waals surface area contributed by atoms with E-state index in [-0.39, 0.29) is 13.0 Å². The van der Waals surface area contributed by atoms with Gasteiger partial charge in [0.25, 0.3) is 10.1 Å². The Morgan fingerprint density at radius 2 is 1.84 bits per heavy atom. The fourth-order valence-corrected chi connectivity index (χ4v) is 3.47. The summed E-state index contributed by atoms with van der Waals surface area (Å²) >= 11 is 0. The van der Waals surface area contributed by atoms with Crippen molar-refractivity contribution in [1.82, 2.24) is 5.32 Å². The van der Waals surface area contributed by atoms with Gasteiger partial charge in [-0.25, -0.2) is 4.79 Å². The van der Waals surface area contributed by atoms with Crippen molar-refractivity contribution in [2.75, 3.05) is 12.9 Å². The predicted octanol–water partition coefficient (Wildman–Crippen LogP) is 2.58. The Balaban J connectivity index is 2.63. The summed E-state index contributed by atoms with van der Waals surface area (Å²) in [6, 6.07) is -0.485. The van der Waals surface area contributed by atoms with Crippen LogP contribution in [0, 0.1) is 5.92 Å². The molecule has 1 saturated carbocycles. The maximum Gasteiger partial charge on any atom is 0.407 e. The molecule has 1 amide bonds. The molecule has 8 heteroatoms. The monoisotopic (exact) mass is 379 g/mol. The van der Waals surface area contributed by atoms with E-state index in [4.69, 9.17) is 8.92 Å². The summed E-state index contributed by atoms with van der Waals surface area (Å²) in [6.07, 6.45) is 6.00. The quantitative estimate of drug-likeness (QED) is 0.629. The smallest absolute Gasteiger partial charge is 0.407 e. The van der Waals surface area contributed by atoms with E-state index in [1.54, 1.807) is 20.8 Å². The molecule has 0 aliphatic heterocycles.